The molecule has 0 aliphatic heterocycles. The summed E-state index contributed by atoms with van der Waals surface area (Å²) in [5, 5.41) is 0. The molecular weight excluding hydrogens is 234 g/mol. The maximum Gasteiger partial charge on any atom is 0.500 e. The smallest absolute Gasteiger partial charge is 0.377 e. The zero-order chi connectivity index (χ0) is 12.6. The van der Waals surface area contributed by atoms with Crippen LogP contribution in [-0.4, -0.2) is 30.1 Å². The van der Waals surface area contributed by atoms with Crippen molar-refractivity contribution in [2.45, 2.75) is 25.4 Å². The van der Waals surface area contributed by atoms with Crippen molar-refractivity contribution in [3.8, 4) is 0 Å². The Morgan fingerprint density at radius 3 is 2.00 bits per heavy atom. The molecule has 17 heavy (non-hydrogen) atoms. The molecule has 0 spiro atoms. The van der Waals surface area contributed by atoms with Gasteiger partial charge in [0.05, 0.1) is 0 Å². The topological polar surface area (TPSA) is 31.6 Å². The average molecular weight is 256 g/mol. The second-order valence-electron chi connectivity index (χ2n) is 3.87. The van der Waals surface area contributed by atoms with Gasteiger partial charge >= 0.3 is 8.80 Å². The van der Waals surface area contributed by atoms with Crippen LogP contribution in [0.2, 0.25) is 6.04 Å². The summed E-state index contributed by atoms with van der Waals surface area (Å²) in [6.07, 6.45) is 6.30. The lowest BCUT2D eigenvalue weighted by Crippen LogP contribution is -2.42. The van der Waals surface area contributed by atoms with Crippen LogP contribution >= 0.6 is 0 Å². The quantitative estimate of drug-likeness (QED) is 0.402. The molecule has 1 rings (SSSR count). The summed E-state index contributed by atoms with van der Waals surface area (Å²) in [4.78, 5) is 0. The minimum Gasteiger partial charge on any atom is -0.377 e. The van der Waals surface area contributed by atoms with E-state index in [-0.39, 0.29) is 0 Å². The van der Waals surface area contributed by atoms with Crippen LogP contribution in [0.5, 0.6) is 0 Å². The second-order valence-corrected chi connectivity index (χ2v) is 6.96. The first kappa shape index (κ1) is 14.3. The number of pyridine rings is 1. The molecule has 0 unspecified atom stereocenters. The van der Waals surface area contributed by atoms with Gasteiger partial charge in [0, 0.05) is 45.9 Å². The van der Waals surface area contributed by atoms with Crippen molar-refractivity contribution >= 4 is 8.80 Å². The molecule has 1 aromatic heterocycles. The number of unbranched alkanes of at least 4 members (excludes halogenated alkanes) is 1. The SMILES string of the molecule is CO[Si](CCCC[n+]1ccccc1)(OC)OC. The highest BCUT2D eigenvalue weighted by atomic mass is 28.4. The first-order valence-electron chi connectivity index (χ1n) is 5.86. The Balaban J connectivity index is 2.28. The van der Waals surface area contributed by atoms with Crippen molar-refractivity contribution in [3.05, 3.63) is 30.6 Å². The van der Waals surface area contributed by atoms with E-state index in [1.54, 1.807) is 21.3 Å². The molecular formula is C12H22NO3Si+. The molecule has 5 heteroatoms. The fourth-order valence-electron chi connectivity index (χ4n) is 1.78. The number of hydrogen-bond donors (Lipinski definition) is 0. The van der Waals surface area contributed by atoms with Gasteiger partial charge in [-0.15, -0.1) is 0 Å². The van der Waals surface area contributed by atoms with Crippen molar-refractivity contribution < 1.29 is 17.8 Å². The summed E-state index contributed by atoms with van der Waals surface area (Å²) in [5.41, 5.74) is 0. The molecule has 1 aromatic rings. The molecule has 0 fully saturated rings. The van der Waals surface area contributed by atoms with Gasteiger partial charge in [0.1, 0.15) is 6.54 Å². The number of hydrogen-bond acceptors (Lipinski definition) is 3. The fourth-order valence-corrected chi connectivity index (χ4v) is 3.57. The molecule has 0 aliphatic rings. The Labute approximate surface area is 105 Å². The lowest BCUT2D eigenvalue weighted by atomic mass is 10.3. The molecule has 0 aromatic carbocycles. The molecule has 0 saturated carbocycles. The lowest BCUT2D eigenvalue weighted by molar-refractivity contribution is -0.697. The summed E-state index contributed by atoms with van der Waals surface area (Å²) in [5.74, 6) is 0. The van der Waals surface area contributed by atoms with E-state index >= 15 is 0 Å². The zero-order valence-electron chi connectivity index (χ0n) is 10.9. The van der Waals surface area contributed by atoms with Gasteiger partial charge in [-0.3, -0.25) is 0 Å². The van der Waals surface area contributed by atoms with E-state index in [0.29, 0.717) is 0 Å². The van der Waals surface area contributed by atoms with Gasteiger partial charge in [-0.1, -0.05) is 6.07 Å². The molecule has 1 heterocycles. The first-order valence-corrected chi connectivity index (χ1v) is 7.79. The fraction of sp³-hybridized carbons (Fsp3) is 0.583. The van der Waals surface area contributed by atoms with Gasteiger partial charge < -0.3 is 13.3 Å². The standard InChI is InChI=1S/C12H22NO3Si/c1-14-17(15-2,16-3)12-8-7-11-13-9-5-4-6-10-13/h4-6,9-10H,7-8,11-12H2,1-3H3/q+1. The van der Waals surface area contributed by atoms with Gasteiger partial charge in [-0.05, 0) is 6.42 Å². The van der Waals surface area contributed by atoms with Crippen LogP contribution < -0.4 is 4.57 Å². The summed E-state index contributed by atoms with van der Waals surface area (Å²) in [6, 6.07) is 6.97. The number of aromatic nitrogens is 1. The van der Waals surface area contributed by atoms with Crippen LogP contribution in [0.3, 0.4) is 0 Å². The highest BCUT2D eigenvalue weighted by Crippen LogP contribution is 2.16. The van der Waals surface area contributed by atoms with E-state index in [1.807, 2.05) is 18.2 Å². The molecule has 0 bridgehead atoms. The molecule has 96 valence electrons. The van der Waals surface area contributed by atoms with Crippen molar-refractivity contribution in [1.82, 2.24) is 0 Å². The van der Waals surface area contributed by atoms with Crippen LogP contribution in [0.4, 0.5) is 0 Å². The zero-order valence-corrected chi connectivity index (χ0v) is 11.9. The molecule has 4 nitrogen and oxygen atoms in total. The third kappa shape index (κ3) is 4.55. The molecule has 0 radical (unpaired) electrons. The maximum absolute atomic E-state index is 5.38. The number of aryl methyl sites for hydroxylation is 1. The van der Waals surface area contributed by atoms with E-state index in [4.69, 9.17) is 13.3 Å². The van der Waals surface area contributed by atoms with Crippen molar-refractivity contribution in [2.24, 2.45) is 0 Å². The summed E-state index contributed by atoms with van der Waals surface area (Å²) >= 11 is 0. The van der Waals surface area contributed by atoms with Gasteiger partial charge in [-0.25, -0.2) is 4.57 Å². The third-order valence-electron chi connectivity index (χ3n) is 2.86. The van der Waals surface area contributed by atoms with Crippen LogP contribution in [0.1, 0.15) is 12.8 Å². The largest absolute Gasteiger partial charge is 0.500 e. The minimum absolute atomic E-state index is 0.865. The van der Waals surface area contributed by atoms with Crippen molar-refractivity contribution in [3.63, 3.8) is 0 Å². The van der Waals surface area contributed by atoms with Gasteiger partial charge in [-0.2, -0.15) is 0 Å². The molecule has 0 aliphatic carbocycles. The lowest BCUT2D eigenvalue weighted by Gasteiger charge is -2.23. The number of rotatable bonds is 8. The molecule has 0 amide bonds. The van der Waals surface area contributed by atoms with Gasteiger partial charge in [0.25, 0.3) is 0 Å². The van der Waals surface area contributed by atoms with Crippen LogP contribution in [-0.2, 0) is 19.8 Å². The number of nitrogens with zero attached hydrogens (tertiary/aromatic N) is 1. The third-order valence-corrected chi connectivity index (χ3v) is 5.69. The Morgan fingerprint density at radius 1 is 0.882 bits per heavy atom. The Bertz CT molecular complexity index is 296. The maximum atomic E-state index is 5.38. The van der Waals surface area contributed by atoms with E-state index in [0.717, 1.165) is 25.4 Å². The van der Waals surface area contributed by atoms with Gasteiger partial charge in [0.15, 0.2) is 12.4 Å². The first-order chi connectivity index (χ1) is 8.26. The van der Waals surface area contributed by atoms with E-state index < -0.39 is 8.80 Å². The molecule has 0 saturated heterocycles. The summed E-state index contributed by atoms with van der Waals surface area (Å²) < 4.78 is 18.3. The molecule has 0 atom stereocenters. The van der Waals surface area contributed by atoms with E-state index in [2.05, 4.69) is 17.0 Å². The average Bonchev–Trinajstić information content (AvgIpc) is 2.41. The minimum atomic E-state index is -2.36. The van der Waals surface area contributed by atoms with Crippen molar-refractivity contribution in [2.75, 3.05) is 21.3 Å². The van der Waals surface area contributed by atoms with Crippen LogP contribution in [0.25, 0.3) is 0 Å². The van der Waals surface area contributed by atoms with E-state index in [1.165, 1.54) is 0 Å². The highest BCUT2D eigenvalue weighted by Gasteiger charge is 2.36. The predicted molar refractivity (Wildman–Crippen MR) is 67.5 cm³/mol. The summed E-state index contributed by atoms with van der Waals surface area (Å²) in [6.45, 7) is 1.02. The van der Waals surface area contributed by atoms with Gasteiger partial charge in [0.2, 0.25) is 0 Å². The van der Waals surface area contributed by atoms with Crippen LogP contribution in [0.15, 0.2) is 30.6 Å². The second kappa shape index (κ2) is 7.55. The van der Waals surface area contributed by atoms with Crippen molar-refractivity contribution in [1.29, 1.82) is 0 Å². The predicted octanol–water partition coefficient (Wildman–Crippen LogP) is 1.63. The Morgan fingerprint density at radius 2 is 1.47 bits per heavy atom. The normalized spacial score (nSPS) is 11.7. The monoisotopic (exact) mass is 256 g/mol. The Kier molecular flexibility index (Phi) is 6.35. The van der Waals surface area contributed by atoms with E-state index in [9.17, 15) is 0 Å². The highest BCUT2D eigenvalue weighted by molar-refractivity contribution is 6.60. The van der Waals surface area contributed by atoms with Crippen LogP contribution in [0, 0.1) is 0 Å². The summed E-state index contributed by atoms with van der Waals surface area (Å²) in [7, 11) is 2.61. The molecule has 0 N–H and O–H groups in total. The Hall–Kier alpha value is -0.753.